The van der Waals surface area contributed by atoms with Gasteiger partial charge in [-0.15, -0.1) is 5.73 Å². The number of hydrogen-bond donors (Lipinski definition) is 0. The van der Waals surface area contributed by atoms with Crippen LogP contribution in [0.25, 0.3) is 0 Å². The maximum Gasteiger partial charge on any atom is 0.305 e. The highest BCUT2D eigenvalue weighted by atomic mass is 79.9. The minimum Gasteiger partial charge on any atom is -0.469 e. The highest BCUT2D eigenvalue weighted by molar-refractivity contribution is 9.11. The molecular formula is C18H23BrO7. The van der Waals surface area contributed by atoms with Crippen LogP contribution >= 0.6 is 15.9 Å². The van der Waals surface area contributed by atoms with Crippen LogP contribution in [0.5, 0.6) is 0 Å². The molecule has 1 aliphatic rings. The monoisotopic (exact) mass is 430 g/mol. The van der Waals surface area contributed by atoms with Gasteiger partial charge in [-0.05, 0) is 26.0 Å². The lowest BCUT2D eigenvalue weighted by Crippen LogP contribution is -2.36. The summed E-state index contributed by atoms with van der Waals surface area (Å²) in [6.45, 7) is 4.74. The molecule has 0 aliphatic carbocycles. The highest BCUT2D eigenvalue weighted by Crippen LogP contribution is 2.32. The van der Waals surface area contributed by atoms with Gasteiger partial charge in [0, 0.05) is 24.4 Å². The van der Waals surface area contributed by atoms with Crippen molar-refractivity contribution >= 4 is 33.7 Å². The second-order valence-corrected chi connectivity index (χ2v) is 6.44. The van der Waals surface area contributed by atoms with Crippen LogP contribution in [-0.2, 0) is 33.3 Å². The maximum absolute atomic E-state index is 11.9. The molecule has 0 aromatic rings. The summed E-state index contributed by atoms with van der Waals surface area (Å²) in [6.07, 6.45) is 2.43. The van der Waals surface area contributed by atoms with Gasteiger partial charge in [0.1, 0.15) is 12.2 Å². The first-order valence-corrected chi connectivity index (χ1v) is 8.92. The number of carbonyl (C=O) groups excluding carboxylic acids is 3. The lowest BCUT2D eigenvalue weighted by atomic mass is 10.1. The lowest BCUT2D eigenvalue weighted by Gasteiger charge is -2.22. The van der Waals surface area contributed by atoms with E-state index in [1.54, 1.807) is 19.9 Å². The van der Waals surface area contributed by atoms with Gasteiger partial charge >= 0.3 is 11.9 Å². The fourth-order valence-electron chi connectivity index (χ4n) is 2.35. The smallest absolute Gasteiger partial charge is 0.305 e. The predicted molar refractivity (Wildman–Crippen MR) is 96.4 cm³/mol. The van der Waals surface area contributed by atoms with Gasteiger partial charge in [-0.3, -0.25) is 14.4 Å². The summed E-state index contributed by atoms with van der Waals surface area (Å²) in [5.41, 5.74) is 2.79. The first kappa shape index (κ1) is 22.3. The van der Waals surface area contributed by atoms with Gasteiger partial charge in [0.15, 0.2) is 17.7 Å². The summed E-state index contributed by atoms with van der Waals surface area (Å²) >= 11 is 3.10. The highest BCUT2D eigenvalue weighted by Gasteiger charge is 2.44. The predicted octanol–water partition coefficient (Wildman–Crippen LogP) is 2.58. The molecule has 0 aromatic carbocycles. The number of allylic oxidation sites excluding steroid dienone is 1. The number of methoxy groups -OCH3 is 1. The normalized spacial score (nSPS) is 22.3. The van der Waals surface area contributed by atoms with E-state index in [0.29, 0.717) is 0 Å². The Morgan fingerprint density at radius 2 is 1.96 bits per heavy atom. The molecule has 1 rings (SSSR count). The van der Waals surface area contributed by atoms with E-state index in [0.717, 1.165) is 0 Å². The molecule has 3 atom stereocenters. The van der Waals surface area contributed by atoms with Gasteiger partial charge < -0.3 is 18.9 Å². The molecule has 0 N–H and O–H groups in total. The van der Waals surface area contributed by atoms with Gasteiger partial charge in [0.25, 0.3) is 0 Å². The maximum atomic E-state index is 11.9. The number of carbonyl (C=O) groups is 3. The van der Waals surface area contributed by atoms with Gasteiger partial charge in [-0.25, -0.2) is 0 Å². The molecule has 0 amide bonds. The number of rotatable bonds is 8. The number of ketones is 1. The van der Waals surface area contributed by atoms with Crippen LogP contribution in [0.4, 0.5) is 0 Å². The first-order chi connectivity index (χ1) is 12.2. The molecular weight excluding hydrogens is 408 g/mol. The molecule has 1 fully saturated rings. The minimum absolute atomic E-state index is 0.00543. The van der Waals surface area contributed by atoms with E-state index in [9.17, 15) is 14.4 Å². The van der Waals surface area contributed by atoms with E-state index in [1.807, 2.05) is 0 Å². The molecule has 0 radical (unpaired) electrons. The van der Waals surface area contributed by atoms with Crippen molar-refractivity contribution in [3.63, 3.8) is 0 Å². The van der Waals surface area contributed by atoms with E-state index in [4.69, 9.17) is 14.2 Å². The SMILES string of the molecule is COC(=O)CCC(=O)/C=C/[C@H]1OC(C)(C)O[C@@H]1[C@@H](C=C=CBr)OC(C)=O. The third-order valence-corrected chi connectivity index (χ3v) is 3.65. The Balaban J connectivity index is 2.89. The van der Waals surface area contributed by atoms with Crippen LogP contribution in [0, 0.1) is 0 Å². The second kappa shape index (κ2) is 10.4. The Bertz CT molecular complexity index is 617. The Morgan fingerprint density at radius 1 is 1.27 bits per heavy atom. The quantitative estimate of drug-likeness (QED) is 0.332. The van der Waals surface area contributed by atoms with Crippen LogP contribution < -0.4 is 0 Å². The molecule has 1 heterocycles. The minimum atomic E-state index is -0.918. The van der Waals surface area contributed by atoms with Crippen molar-refractivity contribution in [3.05, 3.63) is 28.9 Å². The van der Waals surface area contributed by atoms with E-state index in [2.05, 4.69) is 26.4 Å². The number of ether oxygens (including phenoxy) is 4. The van der Waals surface area contributed by atoms with Crippen molar-refractivity contribution < 1.29 is 33.3 Å². The molecule has 1 saturated heterocycles. The van der Waals surface area contributed by atoms with Crippen LogP contribution in [0.3, 0.4) is 0 Å². The van der Waals surface area contributed by atoms with Gasteiger partial charge in [-0.2, -0.15) is 0 Å². The Morgan fingerprint density at radius 3 is 2.54 bits per heavy atom. The zero-order valence-corrected chi connectivity index (χ0v) is 16.8. The molecule has 1 aliphatic heterocycles. The fraction of sp³-hybridized carbons (Fsp3) is 0.556. The van der Waals surface area contributed by atoms with Crippen LogP contribution in [0.15, 0.2) is 28.9 Å². The molecule has 0 aromatic heterocycles. The zero-order valence-electron chi connectivity index (χ0n) is 15.2. The largest absolute Gasteiger partial charge is 0.469 e. The third kappa shape index (κ3) is 7.66. The van der Waals surface area contributed by atoms with Crippen molar-refractivity contribution in [3.8, 4) is 0 Å². The molecule has 0 bridgehead atoms. The Kier molecular flexibility index (Phi) is 8.95. The summed E-state index contributed by atoms with van der Waals surface area (Å²) in [6, 6.07) is 0. The van der Waals surface area contributed by atoms with E-state index in [-0.39, 0.29) is 18.6 Å². The molecule has 26 heavy (non-hydrogen) atoms. The molecule has 7 nitrogen and oxygen atoms in total. The third-order valence-electron chi connectivity index (χ3n) is 3.39. The van der Waals surface area contributed by atoms with Crippen LogP contribution in [0.2, 0.25) is 0 Å². The topological polar surface area (TPSA) is 88.1 Å². The summed E-state index contributed by atoms with van der Waals surface area (Å²) in [4.78, 5) is 35.9. The Hall–Kier alpha value is -1.73. The van der Waals surface area contributed by atoms with Crippen molar-refractivity contribution in [1.29, 1.82) is 0 Å². The molecule has 0 saturated carbocycles. The van der Waals surface area contributed by atoms with Crippen molar-refractivity contribution in [2.45, 2.75) is 57.7 Å². The molecule has 0 unspecified atom stereocenters. The lowest BCUT2D eigenvalue weighted by molar-refractivity contribution is -0.164. The van der Waals surface area contributed by atoms with E-state index < -0.39 is 36.0 Å². The Labute approximate surface area is 161 Å². The van der Waals surface area contributed by atoms with E-state index in [1.165, 1.54) is 31.2 Å². The average Bonchev–Trinajstić information content (AvgIpc) is 2.88. The molecule has 8 heteroatoms. The zero-order chi connectivity index (χ0) is 19.7. The van der Waals surface area contributed by atoms with Crippen molar-refractivity contribution in [1.82, 2.24) is 0 Å². The summed E-state index contributed by atoms with van der Waals surface area (Å²) in [7, 11) is 1.27. The molecule has 0 spiro atoms. The number of hydrogen-bond acceptors (Lipinski definition) is 7. The van der Waals surface area contributed by atoms with Crippen LogP contribution in [-0.4, -0.2) is 48.9 Å². The van der Waals surface area contributed by atoms with E-state index >= 15 is 0 Å². The summed E-state index contributed by atoms with van der Waals surface area (Å²) in [5.74, 6) is -2.10. The number of halogens is 1. The first-order valence-electron chi connectivity index (χ1n) is 8.00. The van der Waals surface area contributed by atoms with Gasteiger partial charge in [-0.1, -0.05) is 15.9 Å². The molecule has 144 valence electrons. The summed E-state index contributed by atoms with van der Waals surface area (Å²) in [5, 5.41) is 0. The summed E-state index contributed by atoms with van der Waals surface area (Å²) < 4.78 is 21.4. The van der Waals surface area contributed by atoms with Crippen molar-refractivity contribution in [2.75, 3.05) is 7.11 Å². The number of esters is 2. The van der Waals surface area contributed by atoms with Gasteiger partial charge in [0.05, 0.1) is 13.5 Å². The van der Waals surface area contributed by atoms with Crippen molar-refractivity contribution in [2.24, 2.45) is 0 Å². The fourth-order valence-corrected chi connectivity index (χ4v) is 2.50. The van der Waals surface area contributed by atoms with Gasteiger partial charge in [0.2, 0.25) is 0 Å². The standard InChI is InChI=1S/C18H23BrO7/c1-12(20)24-14(6-5-11-19)17-15(25-18(2,3)26-17)9-7-13(21)8-10-16(22)23-4/h6-7,9,11,14-15,17H,8,10H2,1-4H3/b9-7+/t5?,14-,15-,17-/m1/s1. The second-order valence-electron chi connectivity index (χ2n) is 5.98. The van der Waals surface area contributed by atoms with Crippen LogP contribution in [0.1, 0.15) is 33.6 Å². The average molecular weight is 431 g/mol.